The van der Waals surface area contributed by atoms with E-state index in [9.17, 15) is 4.79 Å². The first-order valence-electron chi connectivity index (χ1n) is 6.73. The molecule has 0 bridgehead atoms. The summed E-state index contributed by atoms with van der Waals surface area (Å²) in [6.07, 6.45) is 2.91. The van der Waals surface area contributed by atoms with Crippen LogP contribution in [0.2, 0.25) is 5.02 Å². The number of halogens is 1. The van der Waals surface area contributed by atoms with Crippen molar-refractivity contribution >= 4 is 23.2 Å². The first-order chi connectivity index (χ1) is 9.67. The van der Waals surface area contributed by atoms with E-state index < -0.39 is 0 Å². The maximum Gasteiger partial charge on any atom is 0.294 e. The molecule has 0 atom stereocenters. The van der Waals surface area contributed by atoms with Gasteiger partial charge in [0.15, 0.2) is 0 Å². The Bertz CT molecular complexity index is 540. The van der Waals surface area contributed by atoms with E-state index in [-0.39, 0.29) is 11.7 Å². The summed E-state index contributed by atoms with van der Waals surface area (Å²) in [6, 6.07) is 3.80. The summed E-state index contributed by atoms with van der Waals surface area (Å²) in [7, 11) is 0. The molecule has 1 aromatic rings. The van der Waals surface area contributed by atoms with Crippen LogP contribution < -0.4 is 5.32 Å². The minimum atomic E-state index is -0.309. The number of aryl methyl sites for hydroxylation is 1. The molecule has 1 aromatic carbocycles. The molecule has 0 saturated heterocycles. The maximum atomic E-state index is 12.2. The van der Waals surface area contributed by atoms with Gasteiger partial charge in [-0.15, -0.1) is 0 Å². The van der Waals surface area contributed by atoms with E-state index in [1.165, 1.54) is 6.26 Å². The number of amides is 1. The fraction of sp³-hybridized carbons (Fsp3) is 0.400. The number of ether oxygens (including phenoxy) is 2. The van der Waals surface area contributed by atoms with Crippen molar-refractivity contribution in [2.24, 2.45) is 0 Å². The number of hydrogen-bond acceptors (Lipinski definition) is 3. The van der Waals surface area contributed by atoms with Gasteiger partial charge < -0.3 is 14.8 Å². The second kappa shape index (κ2) is 6.66. The molecule has 0 aromatic heterocycles. The highest BCUT2D eigenvalue weighted by Crippen LogP contribution is 2.30. The van der Waals surface area contributed by atoms with Crippen LogP contribution in [-0.4, -0.2) is 19.1 Å². The van der Waals surface area contributed by atoms with E-state index in [2.05, 4.69) is 5.32 Å². The summed E-state index contributed by atoms with van der Waals surface area (Å²) in [6.45, 7) is 4.90. The van der Waals surface area contributed by atoms with Crippen LogP contribution in [0, 0.1) is 0 Å². The van der Waals surface area contributed by atoms with Gasteiger partial charge in [0.1, 0.15) is 19.5 Å². The van der Waals surface area contributed by atoms with Crippen LogP contribution in [0.3, 0.4) is 0 Å². The predicted octanol–water partition coefficient (Wildman–Crippen LogP) is 3.29. The van der Waals surface area contributed by atoms with Gasteiger partial charge in [-0.2, -0.15) is 0 Å². The van der Waals surface area contributed by atoms with E-state index >= 15 is 0 Å². The molecule has 4 nitrogen and oxygen atoms in total. The Kier molecular flexibility index (Phi) is 4.90. The smallest absolute Gasteiger partial charge is 0.294 e. The molecule has 0 fully saturated rings. The first kappa shape index (κ1) is 14.7. The lowest BCUT2D eigenvalue weighted by atomic mass is 10.0. The zero-order valence-corrected chi connectivity index (χ0v) is 12.4. The van der Waals surface area contributed by atoms with Crippen LogP contribution in [0.4, 0.5) is 5.69 Å². The molecule has 1 aliphatic rings. The summed E-state index contributed by atoms with van der Waals surface area (Å²) in [5, 5.41) is 3.56. The predicted molar refractivity (Wildman–Crippen MR) is 78.8 cm³/mol. The number of carbonyl (C=O) groups excluding carboxylic acids is 1. The van der Waals surface area contributed by atoms with Gasteiger partial charge in [0.05, 0.1) is 0 Å². The average Bonchev–Trinajstić information content (AvgIpc) is 2.48. The molecule has 1 amide bonds. The summed E-state index contributed by atoms with van der Waals surface area (Å²) < 4.78 is 10.4. The molecule has 5 heteroatoms. The molecule has 1 N–H and O–H groups in total. The van der Waals surface area contributed by atoms with Gasteiger partial charge in [0, 0.05) is 10.7 Å². The minimum Gasteiger partial charge on any atom is -0.494 e. The van der Waals surface area contributed by atoms with Gasteiger partial charge in [-0.3, -0.25) is 4.79 Å². The molecule has 0 saturated carbocycles. The van der Waals surface area contributed by atoms with E-state index in [4.69, 9.17) is 21.1 Å². The zero-order chi connectivity index (χ0) is 14.5. The maximum absolute atomic E-state index is 12.2. The fourth-order valence-electron chi connectivity index (χ4n) is 2.13. The van der Waals surface area contributed by atoms with Gasteiger partial charge in [-0.1, -0.05) is 31.5 Å². The second-order valence-electron chi connectivity index (χ2n) is 4.42. The molecule has 0 radical (unpaired) electrons. The Morgan fingerprint density at radius 3 is 2.70 bits per heavy atom. The Morgan fingerprint density at radius 2 is 2.10 bits per heavy atom. The van der Waals surface area contributed by atoms with Gasteiger partial charge >= 0.3 is 0 Å². The number of carbonyl (C=O) groups is 1. The minimum absolute atomic E-state index is 0.195. The first-order valence-corrected chi connectivity index (χ1v) is 7.11. The Balaban J connectivity index is 2.29. The van der Waals surface area contributed by atoms with Gasteiger partial charge in [0.25, 0.3) is 5.91 Å². The molecule has 108 valence electrons. The highest BCUT2D eigenvalue weighted by atomic mass is 35.5. The van der Waals surface area contributed by atoms with E-state index in [1.54, 1.807) is 0 Å². The third-order valence-electron chi connectivity index (χ3n) is 3.19. The van der Waals surface area contributed by atoms with Crippen LogP contribution in [0.25, 0.3) is 0 Å². The van der Waals surface area contributed by atoms with Gasteiger partial charge in [-0.25, -0.2) is 0 Å². The monoisotopic (exact) mass is 295 g/mol. The normalized spacial score (nSPS) is 14.1. The molecule has 20 heavy (non-hydrogen) atoms. The van der Waals surface area contributed by atoms with E-state index in [0.29, 0.717) is 18.2 Å². The Morgan fingerprint density at radius 1 is 1.30 bits per heavy atom. The molecule has 0 unspecified atom stereocenters. The second-order valence-corrected chi connectivity index (χ2v) is 4.83. The fourth-order valence-corrected chi connectivity index (χ4v) is 2.42. The van der Waals surface area contributed by atoms with Gasteiger partial charge in [-0.05, 0) is 30.0 Å². The summed E-state index contributed by atoms with van der Waals surface area (Å²) in [5.41, 5.74) is 2.77. The highest BCUT2D eigenvalue weighted by molar-refractivity contribution is 6.32. The van der Waals surface area contributed by atoms with Crippen molar-refractivity contribution in [1.82, 2.24) is 0 Å². The third-order valence-corrected chi connectivity index (χ3v) is 3.54. The number of benzene rings is 1. The largest absolute Gasteiger partial charge is 0.494 e. The molecular weight excluding hydrogens is 278 g/mol. The molecule has 2 rings (SSSR count). The van der Waals surface area contributed by atoms with Crippen LogP contribution in [-0.2, 0) is 27.1 Å². The zero-order valence-electron chi connectivity index (χ0n) is 11.7. The van der Waals surface area contributed by atoms with Gasteiger partial charge in [0.2, 0.25) is 5.76 Å². The van der Waals surface area contributed by atoms with E-state index in [1.807, 2.05) is 26.0 Å². The van der Waals surface area contributed by atoms with Crippen molar-refractivity contribution < 1.29 is 14.3 Å². The SMILES string of the molecule is CCc1ccc(Cl)c(CC)c1NC(=O)C1=COCCO1. The van der Waals surface area contributed by atoms with Crippen LogP contribution in [0.5, 0.6) is 0 Å². The third kappa shape index (κ3) is 3.07. The number of anilines is 1. The topological polar surface area (TPSA) is 47.6 Å². The van der Waals surface area contributed by atoms with Crippen molar-refractivity contribution in [3.8, 4) is 0 Å². The van der Waals surface area contributed by atoms with Crippen molar-refractivity contribution in [3.05, 3.63) is 40.3 Å². The van der Waals surface area contributed by atoms with E-state index in [0.717, 1.165) is 29.7 Å². The van der Waals surface area contributed by atoms with Crippen LogP contribution in [0.15, 0.2) is 24.2 Å². The Labute approximate surface area is 123 Å². The molecule has 0 spiro atoms. The molecule has 1 aliphatic heterocycles. The molecule has 0 aliphatic carbocycles. The van der Waals surface area contributed by atoms with Crippen LogP contribution in [0.1, 0.15) is 25.0 Å². The van der Waals surface area contributed by atoms with Crippen LogP contribution >= 0.6 is 11.6 Å². The lowest BCUT2D eigenvalue weighted by molar-refractivity contribution is -0.117. The number of nitrogens with one attached hydrogen (secondary N) is 1. The lowest BCUT2D eigenvalue weighted by Crippen LogP contribution is -2.22. The number of rotatable bonds is 4. The van der Waals surface area contributed by atoms with Crippen molar-refractivity contribution in [3.63, 3.8) is 0 Å². The van der Waals surface area contributed by atoms with Crippen molar-refractivity contribution in [2.75, 3.05) is 18.5 Å². The summed E-state index contributed by atoms with van der Waals surface area (Å²) in [4.78, 5) is 12.2. The lowest BCUT2D eigenvalue weighted by Gasteiger charge is -2.18. The van der Waals surface area contributed by atoms with Crippen molar-refractivity contribution in [2.45, 2.75) is 26.7 Å². The average molecular weight is 296 g/mol. The quantitative estimate of drug-likeness (QED) is 0.927. The summed E-state index contributed by atoms with van der Waals surface area (Å²) in [5.74, 6) is -0.114. The molecular formula is C15H18ClNO3. The number of hydrogen-bond donors (Lipinski definition) is 1. The molecule has 1 heterocycles. The summed E-state index contributed by atoms with van der Waals surface area (Å²) >= 11 is 6.21. The highest BCUT2D eigenvalue weighted by Gasteiger charge is 2.18. The Hall–Kier alpha value is -1.68. The standard InChI is InChI=1S/C15H18ClNO3/c1-3-10-5-6-12(16)11(4-2)14(10)17-15(18)13-9-19-7-8-20-13/h5-6,9H,3-4,7-8H2,1-2H3,(H,17,18). The van der Waals surface area contributed by atoms with Crippen molar-refractivity contribution in [1.29, 1.82) is 0 Å².